The zero-order valence-corrected chi connectivity index (χ0v) is 12.7. The van der Waals surface area contributed by atoms with Crippen LogP contribution in [0.25, 0.3) is 0 Å². The largest absolute Gasteiger partial charge is 0.497 e. The molecule has 108 valence electrons. The summed E-state index contributed by atoms with van der Waals surface area (Å²) in [4.78, 5) is 17.7. The first-order valence-corrected chi connectivity index (χ1v) is 7.32. The Balaban J connectivity index is 1.82. The Hall–Kier alpha value is -1.69. The van der Waals surface area contributed by atoms with Gasteiger partial charge in [-0.15, -0.1) is 0 Å². The number of carbonyl (C=O) groups excluding carboxylic acids is 1. The molecule has 0 saturated carbocycles. The highest BCUT2D eigenvalue weighted by Gasteiger charge is 2.34. The number of thioether (sulfide) groups is 1. The van der Waals surface area contributed by atoms with Gasteiger partial charge < -0.3 is 10.1 Å². The minimum absolute atomic E-state index is 0.0375. The molecule has 0 spiro atoms. The number of aliphatic imine (C=N–C) groups is 1. The second-order valence-electron chi connectivity index (χ2n) is 4.45. The van der Waals surface area contributed by atoms with Crippen molar-refractivity contribution in [1.29, 1.82) is 0 Å². The lowest BCUT2D eigenvalue weighted by molar-refractivity contribution is -0.125. The number of rotatable bonds is 5. The lowest BCUT2D eigenvalue weighted by atomic mass is 10.2. The maximum atomic E-state index is 12.0. The predicted molar refractivity (Wildman–Crippen MR) is 83.6 cm³/mol. The van der Waals surface area contributed by atoms with Gasteiger partial charge in [-0.05, 0) is 30.7 Å². The molecular formula is C14H19N3O2S. The van der Waals surface area contributed by atoms with Gasteiger partial charge in [0.05, 0.1) is 12.4 Å². The number of benzene rings is 1. The Bertz CT molecular complexity index is 502. The highest BCUT2D eigenvalue weighted by molar-refractivity contribution is 8.15. The predicted octanol–water partition coefficient (Wildman–Crippen LogP) is 2.06. The summed E-state index contributed by atoms with van der Waals surface area (Å²) in [6, 6.07) is 7.75. The van der Waals surface area contributed by atoms with Gasteiger partial charge in [-0.25, -0.2) is 0 Å². The lowest BCUT2D eigenvalue weighted by Crippen LogP contribution is -2.28. The molecule has 1 aliphatic rings. The number of carbonyl (C=O) groups is 1. The van der Waals surface area contributed by atoms with E-state index < -0.39 is 0 Å². The van der Waals surface area contributed by atoms with Gasteiger partial charge in [-0.2, -0.15) is 0 Å². The second kappa shape index (κ2) is 6.65. The van der Waals surface area contributed by atoms with E-state index in [1.807, 2.05) is 24.3 Å². The normalized spacial score (nSPS) is 20.6. The molecule has 20 heavy (non-hydrogen) atoms. The molecule has 1 aromatic rings. The van der Waals surface area contributed by atoms with E-state index >= 15 is 0 Å². The molecule has 0 aromatic heterocycles. The molecule has 1 saturated heterocycles. The van der Waals surface area contributed by atoms with Crippen LogP contribution in [-0.4, -0.2) is 49.0 Å². The smallest absolute Gasteiger partial charge is 0.241 e. The molecule has 6 heteroatoms. The first-order chi connectivity index (χ1) is 9.65. The molecule has 1 aliphatic heterocycles. The minimum Gasteiger partial charge on any atom is -0.497 e. The van der Waals surface area contributed by atoms with Crippen LogP contribution in [0.1, 0.15) is 6.42 Å². The van der Waals surface area contributed by atoms with Crippen LogP contribution in [-0.2, 0) is 4.79 Å². The number of nitrogens with zero attached hydrogens (tertiary/aromatic N) is 2. The summed E-state index contributed by atoms with van der Waals surface area (Å²) in [5.41, 5.74) is 1.03. The van der Waals surface area contributed by atoms with Crippen LogP contribution >= 0.6 is 11.8 Å². The number of amides is 1. The quantitative estimate of drug-likeness (QED) is 0.903. The molecule has 0 bridgehead atoms. The first kappa shape index (κ1) is 14.7. The molecule has 1 unspecified atom stereocenters. The first-order valence-electron chi connectivity index (χ1n) is 6.44. The van der Waals surface area contributed by atoms with Crippen LogP contribution in [0.15, 0.2) is 29.3 Å². The molecule has 1 fully saturated rings. The highest BCUT2D eigenvalue weighted by Crippen LogP contribution is 2.28. The second-order valence-corrected chi connectivity index (χ2v) is 5.62. The Kier molecular flexibility index (Phi) is 4.89. The van der Waals surface area contributed by atoms with Crippen molar-refractivity contribution in [2.75, 3.05) is 33.1 Å². The molecule has 1 aromatic carbocycles. The number of ether oxygens (including phenoxy) is 1. The summed E-state index contributed by atoms with van der Waals surface area (Å²) in [7, 11) is 5.13. The van der Waals surface area contributed by atoms with Crippen LogP contribution in [0.2, 0.25) is 0 Å². The van der Waals surface area contributed by atoms with Crippen LogP contribution < -0.4 is 10.1 Å². The summed E-state index contributed by atoms with van der Waals surface area (Å²) >= 11 is 1.53. The number of hydrogen-bond acceptors (Lipinski definition) is 5. The van der Waals surface area contributed by atoms with Crippen molar-refractivity contribution in [2.45, 2.75) is 11.7 Å². The highest BCUT2D eigenvalue weighted by atomic mass is 32.2. The third-order valence-electron chi connectivity index (χ3n) is 3.16. The number of anilines is 1. The van der Waals surface area contributed by atoms with E-state index in [4.69, 9.17) is 4.74 Å². The van der Waals surface area contributed by atoms with Crippen LogP contribution in [0, 0.1) is 0 Å². The van der Waals surface area contributed by atoms with E-state index in [-0.39, 0.29) is 11.2 Å². The molecule has 2 rings (SSSR count). The van der Waals surface area contributed by atoms with Gasteiger partial charge >= 0.3 is 0 Å². The van der Waals surface area contributed by atoms with Gasteiger partial charge in [0.2, 0.25) is 5.91 Å². The number of methoxy groups -OCH3 is 1. The molecule has 1 amide bonds. The molecule has 0 radical (unpaired) electrons. The van der Waals surface area contributed by atoms with Gasteiger partial charge in [0, 0.05) is 26.3 Å². The van der Waals surface area contributed by atoms with E-state index in [0.717, 1.165) is 29.6 Å². The van der Waals surface area contributed by atoms with Crippen molar-refractivity contribution in [2.24, 2.45) is 4.99 Å². The monoisotopic (exact) mass is 293 g/mol. The number of amidine groups is 1. The number of nitrogens with one attached hydrogen (secondary N) is 1. The summed E-state index contributed by atoms with van der Waals surface area (Å²) < 4.78 is 5.11. The van der Waals surface area contributed by atoms with Crippen molar-refractivity contribution in [3.05, 3.63) is 24.3 Å². The maximum absolute atomic E-state index is 12.0. The third kappa shape index (κ3) is 3.25. The zero-order valence-electron chi connectivity index (χ0n) is 11.9. The molecule has 1 heterocycles. The summed E-state index contributed by atoms with van der Waals surface area (Å²) in [5.74, 6) is 0.967. The molecular weight excluding hydrogens is 274 g/mol. The van der Waals surface area contributed by atoms with Crippen LogP contribution in [0.4, 0.5) is 5.69 Å². The van der Waals surface area contributed by atoms with E-state index in [9.17, 15) is 4.79 Å². The van der Waals surface area contributed by atoms with Crippen molar-refractivity contribution in [3.8, 4) is 5.75 Å². The van der Waals surface area contributed by atoms with Gasteiger partial charge in [0.1, 0.15) is 5.75 Å². The Morgan fingerprint density at radius 1 is 1.40 bits per heavy atom. The maximum Gasteiger partial charge on any atom is 0.241 e. The van der Waals surface area contributed by atoms with Crippen molar-refractivity contribution >= 4 is 28.5 Å². The molecule has 1 N–H and O–H groups in total. The SMILES string of the molecule is CN=C1SC(CCNc2ccc(OC)cc2)C(=O)N1C. The summed E-state index contributed by atoms with van der Waals surface area (Å²) in [6.45, 7) is 0.751. The Morgan fingerprint density at radius 2 is 2.10 bits per heavy atom. The topological polar surface area (TPSA) is 53.9 Å². The van der Waals surface area contributed by atoms with Gasteiger partial charge in [0.15, 0.2) is 5.17 Å². The standard InChI is InChI=1S/C14H19N3O2S/c1-15-14-17(2)13(18)12(20-14)8-9-16-10-4-6-11(19-3)7-5-10/h4-7,12,16H,8-9H2,1-3H3. The van der Waals surface area contributed by atoms with E-state index in [2.05, 4.69) is 10.3 Å². The van der Waals surface area contributed by atoms with Crippen molar-refractivity contribution in [1.82, 2.24) is 4.90 Å². The van der Waals surface area contributed by atoms with Gasteiger partial charge in [-0.3, -0.25) is 14.7 Å². The average Bonchev–Trinajstić information content (AvgIpc) is 2.76. The molecule has 5 nitrogen and oxygen atoms in total. The fourth-order valence-electron chi connectivity index (χ4n) is 2.01. The average molecular weight is 293 g/mol. The summed E-state index contributed by atoms with van der Waals surface area (Å²) in [5, 5.41) is 4.07. The molecule has 1 atom stereocenters. The Morgan fingerprint density at radius 3 is 2.65 bits per heavy atom. The summed E-state index contributed by atoms with van der Waals surface area (Å²) in [6.07, 6.45) is 0.777. The third-order valence-corrected chi connectivity index (χ3v) is 4.55. The van der Waals surface area contributed by atoms with Crippen molar-refractivity contribution < 1.29 is 9.53 Å². The molecule has 0 aliphatic carbocycles. The zero-order chi connectivity index (χ0) is 14.5. The van der Waals surface area contributed by atoms with Crippen molar-refractivity contribution in [3.63, 3.8) is 0 Å². The van der Waals surface area contributed by atoms with E-state index in [0.29, 0.717) is 0 Å². The van der Waals surface area contributed by atoms with Gasteiger partial charge in [0.25, 0.3) is 0 Å². The minimum atomic E-state index is -0.0375. The van der Waals surface area contributed by atoms with Crippen LogP contribution in [0.3, 0.4) is 0 Å². The fourth-order valence-corrected chi connectivity index (χ4v) is 3.11. The van der Waals surface area contributed by atoms with E-state index in [1.165, 1.54) is 11.8 Å². The van der Waals surface area contributed by atoms with Crippen LogP contribution in [0.5, 0.6) is 5.75 Å². The number of hydrogen-bond donors (Lipinski definition) is 1. The van der Waals surface area contributed by atoms with Gasteiger partial charge in [-0.1, -0.05) is 11.8 Å². The fraction of sp³-hybridized carbons (Fsp3) is 0.429. The van der Waals surface area contributed by atoms with E-state index in [1.54, 1.807) is 26.1 Å². The lowest BCUT2D eigenvalue weighted by Gasteiger charge is -2.10. The Labute approximate surface area is 123 Å².